The van der Waals surface area contributed by atoms with Crippen molar-refractivity contribution in [1.82, 2.24) is 10.6 Å². The van der Waals surface area contributed by atoms with Crippen LogP contribution in [0, 0.1) is 5.92 Å². The average molecular weight is 383 g/mol. The molecule has 156 valence electrons. The lowest BCUT2D eigenvalue weighted by molar-refractivity contribution is -0.188. The zero-order valence-electron chi connectivity index (χ0n) is 18.3. The van der Waals surface area contributed by atoms with Crippen molar-refractivity contribution in [1.29, 1.82) is 0 Å². The second kappa shape index (κ2) is 6.73. The molecule has 0 aromatic heterocycles. The Kier molecular flexibility index (Phi) is 5.52. The van der Waals surface area contributed by atoms with Crippen molar-refractivity contribution < 1.29 is 19.4 Å². The zero-order valence-corrected chi connectivity index (χ0v) is 18.3. The van der Waals surface area contributed by atoms with Gasteiger partial charge in [0, 0.05) is 40.9 Å². The van der Waals surface area contributed by atoms with Gasteiger partial charge in [-0.2, -0.15) is 0 Å². The first-order chi connectivity index (χ1) is 12.0. The highest BCUT2D eigenvalue weighted by Gasteiger charge is 2.56. The van der Waals surface area contributed by atoms with Crippen LogP contribution in [-0.2, 0) is 14.3 Å². The SMILES string of the molecule is CC1(C)CC(C2(OC(=O)CC(=O)O)CC(C)(C)NC(C)(C)C2)CC(C)(C)N1. The van der Waals surface area contributed by atoms with Gasteiger partial charge in [-0.15, -0.1) is 0 Å². The molecule has 0 saturated carbocycles. The van der Waals surface area contributed by atoms with Gasteiger partial charge in [-0.25, -0.2) is 0 Å². The Balaban J connectivity index is 2.46. The van der Waals surface area contributed by atoms with Gasteiger partial charge in [0.25, 0.3) is 0 Å². The number of ether oxygens (including phenoxy) is 1. The number of rotatable bonds is 4. The number of carboxylic acids is 1. The molecule has 2 heterocycles. The standard InChI is InChI=1S/C21H38N2O4/c1-17(2)10-14(11-18(3,4)22-17)21(27-16(26)9-15(24)25)12-19(5,6)23-20(7,8)13-21/h14,22-23H,9-13H2,1-8H3,(H,24,25). The molecule has 0 amide bonds. The number of carbonyl (C=O) groups excluding carboxylic acids is 1. The van der Waals surface area contributed by atoms with E-state index in [0.29, 0.717) is 12.8 Å². The number of esters is 1. The molecular formula is C21H38N2O4. The summed E-state index contributed by atoms with van der Waals surface area (Å²) in [4.78, 5) is 23.5. The molecule has 2 rings (SSSR count). The molecule has 0 aromatic carbocycles. The van der Waals surface area contributed by atoms with Crippen molar-refractivity contribution in [3.63, 3.8) is 0 Å². The number of hydrogen-bond donors (Lipinski definition) is 3. The van der Waals surface area contributed by atoms with E-state index in [1.54, 1.807) is 0 Å². The second-order valence-corrected chi connectivity index (χ2v) is 11.4. The Morgan fingerprint density at radius 3 is 1.67 bits per heavy atom. The normalized spacial score (nSPS) is 28.3. The van der Waals surface area contributed by atoms with E-state index in [4.69, 9.17) is 9.84 Å². The van der Waals surface area contributed by atoms with Crippen LogP contribution in [0.25, 0.3) is 0 Å². The molecule has 0 bridgehead atoms. The number of aliphatic carboxylic acids is 1. The fourth-order valence-corrected chi connectivity index (χ4v) is 6.09. The van der Waals surface area contributed by atoms with Crippen LogP contribution in [0.1, 0.15) is 87.5 Å². The van der Waals surface area contributed by atoms with Crippen LogP contribution in [0.15, 0.2) is 0 Å². The van der Waals surface area contributed by atoms with E-state index in [2.05, 4.69) is 66.0 Å². The first-order valence-electron chi connectivity index (χ1n) is 9.97. The fourth-order valence-electron chi connectivity index (χ4n) is 6.09. The highest BCUT2D eigenvalue weighted by molar-refractivity contribution is 5.90. The quantitative estimate of drug-likeness (QED) is 0.511. The summed E-state index contributed by atoms with van der Waals surface area (Å²) in [6.45, 7) is 17.3. The van der Waals surface area contributed by atoms with E-state index in [-0.39, 0.29) is 28.1 Å². The molecule has 2 aliphatic rings. The molecule has 0 spiro atoms. The molecule has 0 atom stereocenters. The maximum absolute atomic E-state index is 12.5. The van der Waals surface area contributed by atoms with Gasteiger partial charge in [0.15, 0.2) is 0 Å². The van der Waals surface area contributed by atoms with Crippen molar-refractivity contribution in [3.05, 3.63) is 0 Å². The minimum absolute atomic E-state index is 0.0855. The van der Waals surface area contributed by atoms with Crippen LogP contribution in [-0.4, -0.2) is 44.8 Å². The molecule has 0 unspecified atom stereocenters. The molecule has 2 saturated heterocycles. The predicted molar refractivity (Wildman–Crippen MR) is 106 cm³/mol. The van der Waals surface area contributed by atoms with Crippen LogP contribution >= 0.6 is 0 Å². The molecule has 2 aliphatic heterocycles. The van der Waals surface area contributed by atoms with Crippen molar-refractivity contribution in [2.24, 2.45) is 5.92 Å². The van der Waals surface area contributed by atoms with Crippen molar-refractivity contribution >= 4 is 11.9 Å². The first kappa shape index (κ1) is 22.2. The van der Waals surface area contributed by atoms with Gasteiger partial charge in [-0.3, -0.25) is 9.59 Å². The molecule has 27 heavy (non-hydrogen) atoms. The third-order valence-electron chi connectivity index (χ3n) is 5.71. The molecule has 0 aliphatic carbocycles. The molecule has 0 aromatic rings. The zero-order chi connectivity index (χ0) is 20.9. The lowest BCUT2D eigenvalue weighted by Crippen LogP contribution is -2.69. The van der Waals surface area contributed by atoms with Gasteiger partial charge in [0.1, 0.15) is 12.0 Å². The maximum atomic E-state index is 12.5. The lowest BCUT2D eigenvalue weighted by Gasteiger charge is -2.59. The monoisotopic (exact) mass is 382 g/mol. The van der Waals surface area contributed by atoms with E-state index in [1.165, 1.54) is 0 Å². The Bertz CT molecular complexity index is 575. The number of hydrogen-bond acceptors (Lipinski definition) is 5. The van der Waals surface area contributed by atoms with Gasteiger partial charge < -0.3 is 20.5 Å². The van der Waals surface area contributed by atoms with Gasteiger partial charge in [0.2, 0.25) is 0 Å². The van der Waals surface area contributed by atoms with E-state index in [1.807, 2.05) is 0 Å². The van der Waals surface area contributed by atoms with E-state index in [9.17, 15) is 9.59 Å². The number of carboxylic acid groups (broad SMARTS) is 1. The van der Waals surface area contributed by atoms with Crippen molar-refractivity contribution in [2.45, 2.75) is 115 Å². The molecule has 6 nitrogen and oxygen atoms in total. The summed E-state index contributed by atoms with van der Waals surface area (Å²) in [7, 11) is 0. The topological polar surface area (TPSA) is 87.7 Å². The summed E-state index contributed by atoms with van der Waals surface area (Å²) in [5.74, 6) is -1.62. The average Bonchev–Trinajstić information content (AvgIpc) is 2.28. The summed E-state index contributed by atoms with van der Waals surface area (Å²) >= 11 is 0. The highest BCUT2D eigenvalue weighted by atomic mass is 16.6. The summed E-state index contributed by atoms with van der Waals surface area (Å²) in [5, 5.41) is 16.4. The molecule has 6 heteroatoms. The first-order valence-corrected chi connectivity index (χ1v) is 9.97. The Morgan fingerprint density at radius 1 is 0.852 bits per heavy atom. The maximum Gasteiger partial charge on any atom is 0.317 e. The minimum atomic E-state index is -1.14. The highest BCUT2D eigenvalue weighted by Crippen LogP contribution is 2.49. The van der Waals surface area contributed by atoms with Gasteiger partial charge in [-0.1, -0.05) is 0 Å². The predicted octanol–water partition coefficient (Wildman–Crippen LogP) is 3.24. The molecular weight excluding hydrogens is 344 g/mol. The molecule has 2 fully saturated rings. The van der Waals surface area contributed by atoms with Crippen LogP contribution in [0.2, 0.25) is 0 Å². The second-order valence-electron chi connectivity index (χ2n) is 11.4. The minimum Gasteiger partial charge on any atom is -0.481 e. The third-order valence-corrected chi connectivity index (χ3v) is 5.71. The fraction of sp³-hybridized carbons (Fsp3) is 0.905. The van der Waals surface area contributed by atoms with Crippen LogP contribution in [0.5, 0.6) is 0 Å². The number of piperidine rings is 2. The third kappa shape index (κ3) is 5.67. The van der Waals surface area contributed by atoms with Crippen LogP contribution < -0.4 is 10.6 Å². The molecule has 0 radical (unpaired) electrons. The van der Waals surface area contributed by atoms with E-state index >= 15 is 0 Å². The summed E-state index contributed by atoms with van der Waals surface area (Å²) < 4.78 is 6.10. The Morgan fingerprint density at radius 2 is 1.26 bits per heavy atom. The number of nitrogens with one attached hydrogen (secondary N) is 2. The van der Waals surface area contributed by atoms with Gasteiger partial charge in [-0.05, 0) is 68.2 Å². The van der Waals surface area contributed by atoms with E-state index < -0.39 is 24.0 Å². The van der Waals surface area contributed by atoms with Crippen molar-refractivity contribution in [3.8, 4) is 0 Å². The molecule has 3 N–H and O–H groups in total. The van der Waals surface area contributed by atoms with Gasteiger partial charge >= 0.3 is 11.9 Å². The summed E-state index contributed by atoms with van der Waals surface area (Å²) in [5.41, 5.74) is -1.29. The van der Waals surface area contributed by atoms with Crippen LogP contribution in [0.3, 0.4) is 0 Å². The lowest BCUT2D eigenvalue weighted by atomic mass is 9.60. The summed E-state index contributed by atoms with van der Waals surface area (Å²) in [6.07, 6.45) is 2.51. The summed E-state index contributed by atoms with van der Waals surface area (Å²) in [6, 6.07) is 0. The Hall–Kier alpha value is -1.14. The van der Waals surface area contributed by atoms with E-state index in [0.717, 1.165) is 12.8 Å². The van der Waals surface area contributed by atoms with Crippen LogP contribution in [0.4, 0.5) is 0 Å². The Labute approximate surface area is 163 Å². The van der Waals surface area contributed by atoms with Crippen molar-refractivity contribution in [2.75, 3.05) is 0 Å². The largest absolute Gasteiger partial charge is 0.481 e. The number of carbonyl (C=O) groups is 2. The smallest absolute Gasteiger partial charge is 0.317 e. The van der Waals surface area contributed by atoms with Gasteiger partial charge in [0.05, 0.1) is 0 Å².